The molecule has 0 saturated heterocycles. The van der Waals surface area contributed by atoms with Crippen LogP contribution in [0.25, 0.3) is 0 Å². The lowest BCUT2D eigenvalue weighted by Gasteiger charge is -2.19. The molecule has 4 heteroatoms. The summed E-state index contributed by atoms with van der Waals surface area (Å²) >= 11 is 5.78. The molecule has 0 radical (unpaired) electrons. The molecule has 0 aliphatic heterocycles. The van der Waals surface area contributed by atoms with E-state index in [0.717, 1.165) is 18.6 Å². The zero-order valence-electron chi connectivity index (χ0n) is 10.4. The molecule has 0 unspecified atom stereocenters. The van der Waals surface area contributed by atoms with Crippen molar-refractivity contribution in [1.82, 2.24) is 5.43 Å². The number of halogens is 1. The minimum Gasteiger partial charge on any atom is -0.267 e. The number of hydrazone groups is 1. The average molecular weight is 265 g/mol. The van der Waals surface area contributed by atoms with Gasteiger partial charge in [0.15, 0.2) is 0 Å². The Morgan fingerprint density at radius 3 is 2.72 bits per heavy atom. The summed E-state index contributed by atoms with van der Waals surface area (Å²) in [6.45, 7) is 2.16. The van der Waals surface area contributed by atoms with Crippen LogP contribution in [0, 0.1) is 5.92 Å². The van der Waals surface area contributed by atoms with Crippen molar-refractivity contribution in [2.24, 2.45) is 11.0 Å². The maximum atomic E-state index is 11.8. The van der Waals surface area contributed by atoms with Crippen LogP contribution in [0.3, 0.4) is 0 Å². The number of benzene rings is 1. The zero-order chi connectivity index (χ0) is 13.0. The van der Waals surface area contributed by atoms with Crippen LogP contribution in [0.5, 0.6) is 0 Å². The first-order valence-corrected chi connectivity index (χ1v) is 6.67. The van der Waals surface area contributed by atoms with Gasteiger partial charge in [-0.3, -0.25) is 4.79 Å². The summed E-state index contributed by atoms with van der Waals surface area (Å²) in [5.41, 5.74) is 4.30. The van der Waals surface area contributed by atoms with Crippen molar-refractivity contribution in [3.63, 3.8) is 0 Å². The van der Waals surface area contributed by atoms with Gasteiger partial charge in [-0.2, -0.15) is 5.10 Å². The molecule has 1 N–H and O–H groups in total. The molecule has 96 valence electrons. The third kappa shape index (κ3) is 3.33. The lowest BCUT2D eigenvalue weighted by molar-refractivity contribution is 0.0954. The molecule has 1 aromatic carbocycles. The van der Waals surface area contributed by atoms with Gasteiger partial charge in [0.2, 0.25) is 0 Å². The van der Waals surface area contributed by atoms with Crippen molar-refractivity contribution in [3.8, 4) is 0 Å². The van der Waals surface area contributed by atoms with Crippen LogP contribution < -0.4 is 5.43 Å². The van der Waals surface area contributed by atoms with Crippen molar-refractivity contribution in [2.75, 3.05) is 0 Å². The molecule has 1 atom stereocenters. The summed E-state index contributed by atoms with van der Waals surface area (Å²) in [6.07, 6.45) is 4.57. The van der Waals surface area contributed by atoms with Crippen LogP contribution in [0.4, 0.5) is 0 Å². The molecule has 1 aromatic rings. The Morgan fingerprint density at radius 1 is 1.33 bits per heavy atom. The van der Waals surface area contributed by atoms with Gasteiger partial charge >= 0.3 is 0 Å². The number of amides is 1. The monoisotopic (exact) mass is 264 g/mol. The fourth-order valence-corrected chi connectivity index (χ4v) is 2.25. The van der Waals surface area contributed by atoms with Gasteiger partial charge in [-0.25, -0.2) is 5.43 Å². The second-order valence-electron chi connectivity index (χ2n) is 4.70. The quantitative estimate of drug-likeness (QED) is 0.814. The Morgan fingerprint density at radius 2 is 2.06 bits per heavy atom. The highest BCUT2D eigenvalue weighted by Crippen LogP contribution is 2.20. The van der Waals surface area contributed by atoms with E-state index in [2.05, 4.69) is 17.5 Å². The topological polar surface area (TPSA) is 41.5 Å². The summed E-state index contributed by atoms with van der Waals surface area (Å²) in [5.74, 6) is 0.293. The molecule has 1 aliphatic rings. The third-order valence-corrected chi connectivity index (χ3v) is 3.55. The number of carbonyl (C=O) groups is 1. The van der Waals surface area contributed by atoms with E-state index in [0.29, 0.717) is 16.5 Å². The fourth-order valence-electron chi connectivity index (χ4n) is 2.12. The van der Waals surface area contributed by atoms with Crippen LogP contribution in [0.1, 0.15) is 43.0 Å². The highest BCUT2D eigenvalue weighted by molar-refractivity contribution is 6.30. The van der Waals surface area contributed by atoms with Crippen LogP contribution in [-0.4, -0.2) is 11.6 Å². The summed E-state index contributed by atoms with van der Waals surface area (Å²) in [7, 11) is 0. The molecule has 1 fully saturated rings. The molecular formula is C14H17ClN2O. The third-order valence-electron chi connectivity index (χ3n) is 3.30. The second kappa shape index (κ2) is 6.01. The Hall–Kier alpha value is -1.35. The first-order chi connectivity index (χ1) is 8.66. The van der Waals surface area contributed by atoms with E-state index in [1.807, 2.05) is 0 Å². The minimum absolute atomic E-state index is 0.183. The number of rotatable bonds is 2. The molecule has 18 heavy (non-hydrogen) atoms. The Kier molecular flexibility index (Phi) is 4.37. The molecule has 0 heterocycles. The van der Waals surface area contributed by atoms with Crippen molar-refractivity contribution in [1.29, 1.82) is 0 Å². The molecular weight excluding hydrogens is 248 g/mol. The lowest BCUT2D eigenvalue weighted by Crippen LogP contribution is -2.24. The van der Waals surface area contributed by atoms with E-state index >= 15 is 0 Å². The van der Waals surface area contributed by atoms with E-state index < -0.39 is 0 Å². The second-order valence-corrected chi connectivity index (χ2v) is 5.13. The van der Waals surface area contributed by atoms with E-state index in [1.165, 1.54) is 12.8 Å². The maximum Gasteiger partial charge on any atom is 0.271 e. The molecule has 0 spiro atoms. The first-order valence-electron chi connectivity index (χ1n) is 6.29. The Labute approximate surface area is 112 Å². The van der Waals surface area contributed by atoms with Crippen molar-refractivity contribution < 1.29 is 4.79 Å². The predicted molar refractivity (Wildman–Crippen MR) is 74.0 cm³/mol. The number of nitrogens with zero attached hydrogens (tertiary/aromatic N) is 1. The van der Waals surface area contributed by atoms with Gasteiger partial charge in [-0.1, -0.05) is 24.9 Å². The fraction of sp³-hybridized carbons (Fsp3) is 0.429. The highest BCUT2D eigenvalue weighted by atomic mass is 35.5. The number of nitrogens with one attached hydrogen (secondary N) is 1. The van der Waals surface area contributed by atoms with Crippen LogP contribution in [-0.2, 0) is 0 Å². The predicted octanol–water partition coefficient (Wildman–Crippen LogP) is 3.64. The zero-order valence-corrected chi connectivity index (χ0v) is 11.2. The van der Waals surface area contributed by atoms with Gasteiger partial charge in [0.25, 0.3) is 5.91 Å². The summed E-state index contributed by atoms with van der Waals surface area (Å²) in [5, 5.41) is 4.87. The molecule has 2 rings (SSSR count). The number of carbonyl (C=O) groups excluding carboxylic acids is 1. The molecule has 3 nitrogen and oxygen atoms in total. The minimum atomic E-state index is -0.183. The van der Waals surface area contributed by atoms with Gasteiger partial charge in [-0.05, 0) is 49.4 Å². The van der Waals surface area contributed by atoms with Crippen molar-refractivity contribution in [2.45, 2.75) is 32.6 Å². The largest absolute Gasteiger partial charge is 0.271 e. The Balaban J connectivity index is 1.99. The van der Waals surface area contributed by atoms with Crippen LogP contribution in [0.15, 0.2) is 29.4 Å². The van der Waals surface area contributed by atoms with Crippen molar-refractivity contribution >= 4 is 23.2 Å². The molecule has 1 saturated carbocycles. The normalized spacial score (nSPS) is 21.9. The van der Waals surface area contributed by atoms with E-state index in [9.17, 15) is 4.79 Å². The molecule has 1 amide bonds. The van der Waals surface area contributed by atoms with E-state index in [4.69, 9.17) is 11.6 Å². The summed E-state index contributed by atoms with van der Waals surface area (Å²) in [4.78, 5) is 11.8. The number of hydrogen-bond acceptors (Lipinski definition) is 2. The van der Waals surface area contributed by atoms with E-state index in [-0.39, 0.29) is 5.91 Å². The smallest absolute Gasteiger partial charge is 0.267 e. The van der Waals surface area contributed by atoms with Crippen LogP contribution >= 0.6 is 11.6 Å². The highest BCUT2D eigenvalue weighted by Gasteiger charge is 2.16. The van der Waals surface area contributed by atoms with Gasteiger partial charge in [0.1, 0.15) is 0 Å². The SMILES string of the molecule is C[C@@H]1CCCC/C1=N/NC(=O)c1ccc(Cl)cc1. The number of hydrogen-bond donors (Lipinski definition) is 1. The van der Waals surface area contributed by atoms with Crippen LogP contribution in [0.2, 0.25) is 5.02 Å². The maximum absolute atomic E-state index is 11.8. The standard InChI is InChI=1S/C14H17ClN2O/c1-10-4-2-3-5-13(10)16-17-14(18)11-6-8-12(15)9-7-11/h6-10H,2-5H2,1H3,(H,17,18)/b16-13-/t10-/m1/s1. The lowest BCUT2D eigenvalue weighted by atomic mass is 9.89. The van der Waals surface area contributed by atoms with Crippen molar-refractivity contribution in [3.05, 3.63) is 34.9 Å². The Bertz CT molecular complexity index is 453. The molecule has 0 aromatic heterocycles. The molecule has 1 aliphatic carbocycles. The van der Waals surface area contributed by atoms with Gasteiger partial charge in [-0.15, -0.1) is 0 Å². The summed E-state index contributed by atoms with van der Waals surface area (Å²) in [6, 6.07) is 6.80. The van der Waals surface area contributed by atoms with Gasteiger partial charge < -0.3 is 0 Å². The molecule has 0 bridgehead atoms. The van der Waals surface area contributed by atoms with E-state index in [1.54, 1.807) is 24.3 Å². The summed E-state index contributed by atoms with van der Waals surface area (Å²) < 4.78 is 0. The average Bonchev–Trinajstić information content (AvgIpc) is 2.38. The van der Waals surface area contributed by atoms with Gasteiger partial charge in [0, 0.05) is 16.3 Å². The first kappa shape index (κ1) is 13.1. The van der Waals surface area contributed by atoms with Gasteiger partial charge in [0.05, 0.1) is 0 Å².